The van der Waals surface area contributed by atoms with Crippen molar-refractivity contribution in [2.24, 2.45) is 0 Å². The molecule has 2 heteroatoms. The van der Waals surface area contributed by atoms with E-state index in [0.29, 0.717) is 0 Å². The molecule has 6 aromatic rings. The van der Waals surface area contributed by atoms with Crippen molar-refractivity contribution in [3.05, 3.63) is 96.3 Å². The molecule has 0 atom stereocenters. The molecule has 0 aliphatic carbocycles. The summed E-state index contributed by atoms with van der Waals surface area (Å²) in [5.74, 6) is 2.23. The molecule has 0 unspecified atom stereocenters. The van der Waals surface area contributed by atoms with Crippen LogP contribution in [0, 0.1) is 6.92 Å². The van der Waals surface area contributed by atoms with Crippen LogP contribution in [0.25, 0.3) is 53.9 Å². The standard InChI is InChI=1S/C28H19PS/c1-17-18-9-2-4-11-20(18)25(21-12-5-3-10-19(17)21)26-22-13-6-7-14-23(22)28(30)24-15-8-16-29-27(24)26/h2-16,30H,1H3. The minimum absolute atomic E-state index is 1.07. The zero-order valence-electron chi connectivity index (χ0n) is 16.6. The Balaban J connectivity index is 1.97. The lowest BCUT2D eigenvalue weighted by Gasteiger charge is -2.19. The highest BCUT2D eigenvalue weighted by molar-refractivity contribution is 7.80. The van der Waals surface area contributed by atoms with E-state index in [4.69, 9.17) is 12.6 Å². The summed E-state index contributed by atoms with van der Waals surface area (Å²) < 4.78 is 0. The van der Waals surface area contributed by atoms with Crippen LogP contribution in [0.2, 0.25) is 0 Å². The lowest BCUT2D eigenvalue weighted by atomic mass is 9.86. The van der Waals surface area contributed by atoms with E-state index in [0.717, 1.165) is 4.90 Å². The highest BCUT2D eigenvalue weighted by Gasteiger charge is 2.19. The van der Waals surface area contributed by atoms with Crippen LogP contribution in [0.5, 0.6) is 0 Å². The highest BCUT2D eigenvalue weighted by Crippen LogP contribution is 2.48. The van der Waals surface area contributed by atoms with E-state index >= 15 is 0 Å². The first-order valence-electron chi connectivity index (χ1n) is 10.1. The number of hydrogen-bond acceptors (Lipinski definition) is 1. The van der Waals surface area contributed by atoms with E-state index in [9.17, 15) is 0 Å². The number of thiol groups is 1. The van der Waals surface area contributed by atoms with Crippen molar-refractivity contribution >= 4 is 63.6 Å². The predicted molar refractivity (Wildman–Crippen MR) is 136 cm³/mol. The summed E-state index contributed by atoms with van der Waals surface area (Å²) in [5, 5.41) is 10.4. The van der Waals surface area contributed by atoms with Gasteiger partial charge in [-0.1, -0.05) is 93.1 Å². The Bertz CT molecular complexity index is 1380. The molecule has 0 aliphatic rings. The largest absolute Gasteiger partial charge is 0.142 e. The van der Waals surface area contributed by atoms with Gasteiger partial charge in [0.2, 0.25) is 0 Å². The van der Waals surface area contributed by atoms with Crippen LogP contribution in [0.4, 0.5) is 0 Å². The summed E-state index contributed by atoms with van der Waals surface area (Å²) in [6, 6.07) is 30.7. The molecule has 0 radical (unpaired) electrons. The first-order valence-corrected chi connectivity index (χ1v) is 11.6. The summed E-state index contributed by atoms with van der Waals surface area (Å²) in [5.41, 5.74) is 4.02. The first-order chi connectivity index (χ1) is 14.8. The average Bonchev–Trinajstić information content (AvgIpc) is 2.81. The fourth-order valence-corrected chi connectivity index (χ4v) is 6.32. The molecular weight excluding hydrogens is 399 g/mol. The van der Waals surface area contributed by atoms with Gasteiger partial charge in [0, 0.05) is 21.0 Å². The van der Waals surface area contributed by atoms with Crippen LogP contribution >= 0.6 is 20.8 Å². The van der Waals surface area contributed by atoms with E-state index in [1.165, 1.54) is 67.7 Å². The van der Waals surface area contributed by atoms with E-state index in [1.807, 2.05) is 0 Å². The second kappa shape index (κ2) is 6.84. The smallest absolute Gasteiger partial charge is 0.0201 e. The SMILES string of the molecule is Cc1c2ccccc2c(-c2c3ccccc3c(S)c3cccpc23)c2ccccc12. The van der Waals surface area contributed by atoms with Gasteiger partial charge < -0.3 is 0 Å². The molecule has 1 aromatic heterocycles. The van der Waals surface area contributed by atoms with Crippen molar-refractivity contribution in [3.8, 4) is 11.1 Å². The van der Waals surface area contributed by atoms with Gasteiger partial charge in [-0.3, -0.25) is 0 Å². The van der Waals surface area contributed by atoms with E-state index in [-0.39, 0.29) is 0 Å². The summed E-state index contributed by atoms with van der Waals surface area (Å²) in [4.78, 5) is 1.07. The topological polar surface area (TPSA) is 0 Å². The third-order valence-corrected chi connectivity index (χ3v) is 7.73. The predicted octanol–water partition coefficient (Wildman–Crippen LogP) is 9.14. The zero-order chi connectivity index (χ0) is 20.2. The fraction of sp³-hybridized carbons (Fsp3) is 0.0357. The molecule has 0 saturated heterocycles. The maximum absolute atomic E-state index is 4.95. The van der Waals surface area contributed by atoms with Gasteiger partial charge in [-0.05, 0) is 56.2 Å². The average molecular weight is 419 g/mol. The molecule has 0 aliphatic heterocycles. The molecule has 0 bridgehead atoms. The molecule has 0 amide bonds. The van der Waals surface area contributed by atoms with Gasteiger partial charge in [0.15, 0.2) is 0 Å². The quantitative estimate of drug-likeness (QED) is 0.200. The third-order valence-electron chi connectivity index (χ3n) is 6.20. The molecular formula is C28H19PS. The molecule has 0 fully saturated rings. The van der Waals surface area contributed by atoms with Gasteiger partial charge in [-0.25, -0.2) is 0 Å². The minimum Gasteiger partial charge on any atom is -0.142 e. The van der Waals surface area contributed by atoms with E-state index in [1.54, 1.807) is 0 Å². The second-order valence-corrected chi connectivity index (χ2v) is 9.21. The van der Waals surface area contributed by atoms with Gasteiger partial charge in [0.05, 0.1) is 0 Å². The normalized spacial score (nSPS) is 11.9. The Hall–Kier alpha value is -2.86. The molecule has 5 aromatic carbocycles. The van der Waals surface area contributed by atoms with Gasteiger partial charge >= 0.3 is 0 Å². The molecule has 6 rings (SSSR count). The summed E-state index contributed by atoms with van der Waals surface area (Å²) in [6.07, 6.45) is 0. The van der Waals surface area contributed by atoms with Crippen LogP contribution < -0.4 is 0 Å². The van der Waals surface area contributed by atoms with Gasteiger partial charge in [0.1, 0.15) is 0 Å². The third kappa shape index (κ3) is 2.46. The number of benzene rings is 5. The fourth-order valence-electron chi connectivity index (χ4n) is 4.84. The Morgan fingerprint density at radius 2 is 1.00 bits per heavy atom. The van der Waals surface area contributed by atoms with Crippen LogP contribution in [0.15, 0.2) is 95.6 Å². The molecule has 0 spiro atoms. The van der Waals surface area contributed by atoms with Gasteiger partial charge in [-0.2, -0.15) is 0 Å². The molecule has 0 saturated carbocycles. The Labute approximate surface area is 182 Å². The van der Waals surface area contributed by atoms with Crippen LogP contribution in [0.3, 0.4) is 0 Å². The molecule has 142 valence electrons. The molecule has 30 heavy (non-hydrogen) atoms. The Morgan fingerprint density at radius 1 is 0.533 bits per heavy atom. The number of hydrogen-bond donors (Lipinski definition) is 1. The Kier molecular flexibility index (Phi) is 4.09. The van der Waals surface area contributed by atoms with Crippen LogP contribution in [-0.4, -0.2) is 0 Å². The van der Waals surface area contributed by atoms with Crippen molar-refractivity contribution in [1.29, 1.82) is 0 Å². The van der Waals surface area contributed by atoms with Crippen molar-refractivity contribution in [1.82, 2.24) is 0 Å². The minimum atomic E-state index is 1.07. The van der Waals surface area contributed by atoms with Crippen LogP contribution in [-0.2, 0) is 0 Å². The first kappa shape index (κ1) is 18.0. The number of aryl methyl sites for hydroxylation is 1. The Morgan fingerprint density at radius 3 is 1.60 bits per heavy atom. The lowest BCUT2D eigenvalue weighted by Crippen LogP contribution is -1.92. The summed E-state index contributed by atoms with van der Waals surface area (Å²) >= 11 is 4.95. The maximum atomic E-state index is 4.95. The second-order valence-electron chi connectivity index (χ2n) is 7.76. The van der Waals surface area contributed by atoms with Crippen LogP contribution in [0.1, 0.15) is 5.56 Å². The highest BCUT2D eigenvalue weighted by atomic mass is 32.1. The van der Waals surface area contributed by atoms with Crippen molar-refractivity contribution in [2.75, 3.05) is 0 Å². The molecule has 1 heterocycles. The monoisotopic (exact) mass is 418 g/mol. The van der Waals surface area contributed by atoms with Crippen molar-refractivity contribution in [3.63, 3.8) is 0 Å². The van der Waals surface area contributed by atoms with Gasteiger partial charge in [0.25, 0.3) is 0 Å². The molecule has 0 nitrogen and oxygen atoms in total. The summed E-state index contributed by atoms with van der Waals surface area (Å²) in [6.45, 7) is 2.24. The molecule has 0 N–H and O–H groups in total. The van der Waals surface area contributed by atoms with E-state index in [2.05, 4.69) is 97.7 Å². The van der Waals surface area contributed by atoms with Gasteiger partial charge in [-0.15, -0.1) is 12.6 Å². The zero-order valence-corrected chi connectivity index (χ0v) is 18.3. The maximum Gasteiger partial charge on any atom is 0.0201 e. The van der Waals surface area contributed by atoms with E-state index < -0.39 is 0 Å². The van der Waals surface area contributed by atoms with Crippen molar-refractivity contribution < 1.29 is 0 Å². The summed E-state index contributed by atoms with van der Waals surface area (Å²) in [7, 11) is 1.22. The number of rotatable bonds is 1. The number of fused-ring (bicyclic) bond motifs is 4. The lowest BCUT2D eigenvalue weighted by molar-refractivity contribution is 1.58. The van der Waals surface area contributed by atoms with Crippen molar-refractivity contribution in [2.45, 2.75) is 11.8 Å².